The van der Waals surface area contributed by atoms with Crippen molar-refractivity contribution in [1.82, 2.24) is 0 Å². The van der Waals surface area contributed by atoms with Crippen molar-refractivity contribution in [3.8, 4) is 11.1 Å². The van der Waals surface area contributed by atoms with Crippen LogP contribution in [0.1, 0.15) is 11.1 Å². The highest BCUT2D eigenvalue weighted by atomic mass is 35.5. The molecule has 0 bridgehead atoms. The van der Waals surface area contributed by atoms with Crippen molar-refractivity contribution >= 4 is 36.2 Å². The third-order valence-corrected chi connectivity index (χ3v) is 3.46. The van der Waals surface area contributed by atoms with Crippen LogP contribution in [-0.2, 0) is 0 Å². The smallest absolute Gasteiger partial charge is 0.0393 e. The molecule has 0 amide bonds. The lowest BCUT2D eigenvalue weighted by Gasteiger charge is -2.19. The maximum Gasteiger partial charge on any atom is 0.0393 e. The molecule has 0 aliphatic rings. The number of hydrogen-bond donors (Lipinski definition) is 1. The number of nitrogen functional groups attached to an aromatic ring is 1. The van der Waals surface area contributed by atoms with Crippen molar-refractivity contribution in [1.29, 1.82) is 0 Å². The first kappa shape index (κ1) is 18.6. The van der Waals surface area contributed by atoms with E-state index < -0.39 is 0 Å². The highest BCUT2D eigenvalue weighted by Gasteiger charge is 2.09. The number of nitrogens with zero attached hydrogens (tertiary/aromatic N) is 1. The van der Waals surface area contributed by atoms with Crippen LogP contribution in [0.4, 0.5) is 11.4 Å². The maximum atomic E-state index is 5.73. The van der Waals surface area contributed by atoms with Crippen molar-refractivity contribution in [2.75, 3.05) is 24.7 Å². The normalized spacial score (nSPS) is 9.40. The van der Waals surface area contributed by atoms with E-state index in [9.17, 15) is 0 Å². The van der Waals surface area contributed by atoms with Crippen LogP contribution in [0.25, 0.3) is 11.1 Å². The van der Waals surface area contributed by atoms with E-state index in [-0.39, 0.29) is 24.8 Å². The summed E-state index contributed by atoms with van der Waals surface area (Å²) in [5.74, 6) is 0. The topological polar surface area (TPSA) is 29.3 Å². The molecule has 4 heteroatoms. The van der Waals surface area contributed by atoms with Crippen molar-refractivity contribution < 1.29 is 0 Å². The predicted octanol–water partition coefficient (Wildman–Crippen LogP) is 4.46. The molecule has 0 fully saturated rings. The number of hydrogen-bond acceptors (Lipinski definition) is 2. The highest BCUT2D eigenvalue weighted by Crippen LogP contribution is 2.31. The number of halogens is 2. The quantitative estimate of drug-likeness (QED) is 0.829. The molecule has 0 aromatic heterocycles. The maximum absolute atomic E-state index is 5.73. The van der Waals surface area contributed by atoms with Gasteiger partial charge in [0.2, 0.25) is 0 Å². The zero-order valence-corrected chi connectivity index (χ0v) is 13.9. The van der Waals surface area contributed by atoms with Gasteiger partial charge in [-0.2, -0.15) is 0 Å². The molecular formula is C16H22Cl2N2. The Balaban J connectivity index is 0.00000180. The van der Waals surface area contributed by atoms with Gasteiger partial charge in [-0.15, -0.1) is 24.8 Å². The SMILES string of the molecule is Cc1c(-c2ccc(N)cc2)ccc(N(C)C)c1C.Cl.Cl. The van der Waals surface area contributed by atoms with E-state index in [0.29, 0.717) is 0 Å². The van der Waals surface area contributed by atoms with Gasteiger partial charge in [-0.05, 0) is 54.3 Å². The number of rotatable bonds is 2. The Kier molecular flexibility index (Phi) is 6.90. The van der Waals surface area contributed by atoms with E-state index in [2.05, 4.69) is 57.1 Å². The molecule has 2 aromatic carbocycles. The van der Waals surface area contributed by atoms with E-state index in [1.807, 2.05) is 12.1 Å². The van der Waals surface area contributed by atoms with Gasteiger partial charge in [-0.1, -0.05) is 18.2 Å². The molecule has 0 saturated heterocycles. The predicted molar refractivity (Wildman–Crippen MR) is 94.6 cm³/mol. The molecular weight excluding hydrogens is 291 g/mol. The molecule has 0 heterocycles. The summed E-state index contributed by atoms with van der Waals surface area (Å²) >= 11 is 0. The summed E-state index contributed by atoms with van der Waals surface area (Å²) in [6, 6.07) is 12.4. The molecule has 0 aliphatic heterocycles. The summed E-state index contributed by atoms with van der Waals surface area (Å²) in [6.07, 6.45) is 0. The van der Waals surface area contributed by atoms with Crippen molar-refractivity contribution in [2.45, 2.75) is 13.8 Å². The summed E-state index contributed by atoms with van der Waals surface area (Å²) in [7, 11) is 4.15. The van der Waals surface area contributed by atoms with Gasteiger partial charge in [0.25, 0.3) is 0 Å². The Morgan fingerprint density at radius 1 is 0.800 bits per heavy atom. The Bertz CT molecular complexity index is 563. The van der Waals surface area contributed by atoms with Gasteiger partial charge in [-0.25, -0.2) is 0 Å². The fourth-order valence-electron chi connectivity index (χ4n) is 2.27. The summed E-state index contributed by atoms with van der Waals surface area (Å²) in [5, 5.41) is 0. The van der Waals surface area contributed by atoms with Crippen molar-refractivity contribution in [3.63, 3.8) is 0 Å². The van der Waals surface area contributed by atoms with Crippen molar-refractivity contribution in [2.24, 2.45) is 0 Å². The van der Waals surface area contributed by atoms with E-state index in [0.717, 1.165) is 5.69 Å². The second-order valence-electron chi connectivity index (χ2n) is 4.90. The van der Waals surface area contributed by atoms with E-state index >= 15 is 0 Å². The Morgan fingerprint density at radius 3 is 1.85 bits per heavy atom. The number of benzene rings is 2. The fourth-order valence-corrected chi connectivity index (χ4v) is 2.27. The van der Waals surface area contributed by atoms with Crippen LogP contribution in [0.5, 0.6) is 0 Å². The van der Waals surface area contributed by atoms with Crippen LogP contribution in [0.3, 0.4) is 0 Å². The lowest BCUT2D eigenvalue weighted by Crippen LogP contribution is -2.11. The Hall–Kier alpha value is -1.38. The Morgan fingerprint density at radius 2 is 1.35 bits per heavy atom. The van der Waals surface area contributed by atoms with E-state index in [1.165, 1.54) is 27.9 Å². The third kappa shape index (κ3) is 3.59. The second-order valence-corrected chi connectivity index (χ2v) is 4.90. The average Bonchev–Trinajstić information content (AvgIpc) is 2.33. The standard InChI is InChI=1S/C16H20N2.2ClH/c1-11-12(2)16(18(3)4)10-9-15(11)13-5-7-14(17)8-6-13;;/h5-10H,17H2,1-4H3;2*1H. The lowest BCUT2D eigenvalue weighted by molar-refractivity contribution is 1.11. The molecule has 0 radical (unpaired) electrons. The van der Waals surface area contributed by atoms with Crippen LogP contribution in [-0.4, -0.2) is 14.1 Å². The van der Waals surface area contributed by atoms with Crippen LogP contribution in [0, 0.1) is 13.8 Å². The minimum atomic E-state index is 0. The summed E-state index contributed by atoms with van der Waals surface area (Å²) < 4.78 is 0. The fraction of sp³-hybridized carbons (Fsp3) is 0.250. The molecule has 110 valence electrons. The first-order valence-electron chi connectivity index (χ1n) is 6.14. The van der Waals surface area contributed by atoms with Gasteiger partial charge in [0.15, 0.2) is 0 Å². The molecule has 0 aliphatic carbocycles. The lowest BCUT2D eigenvalue weighted by atomic mass is 9.95. The first-order valence-corrected chi connectivity index (χ1v) is 6.14. The van der Waals surface area contributed by atoms with Crippen LogP contribution >= 0.6 is 24.8 Å². The van der Waals surface area contributed by atoms with Crippen LogP contribution in [0.15, 0.2) is 36.4 Å². The first-order chi connectivity index (χ1) is 8.50. The molecule has 2 nitrogen and oxygen atoms in total. The monoisotopic (exact) mass is 312 g/mol. The van der Waals surface area contributed by atoms with Crippen molar-refractivity contribution in [3.05, 3.63) is 47.5 Å². The van der Waals surface area contributed by atoms with E-state index in [1.54, 1.807) is 0 Å². The summed E-state index contributed by atoms with van der Waals surface area (Å²) in [4.78, 5) is 2.15. The molecule has 0 saturated carbocycles. The van der Waals surface area contributed by atoms with E-state index in [4.69, 9.17) is 5.73 Å². The van der Waals surface area contributed by atoms with Gasteiger partial charge < -0.3 is 10.6 Å². The van der Waals surface area contributed by atoms with Gasteiger partial charge in [0.1, 0.15) is 0 Å². The van der Waals surface area contributed by atoms with Gasteiger partial charge >= 0.3 is 0 Å². The minimum Gasteiger partial charge on any atom is -0.399 e. The van der Waals surface area contributed by atoms with Gasteiger partial charge in [0, 0.05) is 25.5 Å². The molecule has 0 atom stereocenters. The molecule has 0 spiro atoms. The molecule has 2 N–H and O–H groups in total. The summed E-state index contributed by atoms with van der Waals surface area (Å²) in [5.41, 5.74) is 13.0. The van der Waals surface area contributed by atoms with Gasteiger partial charge in [0.05, 0.1) is 0 Å². The molecule has 20 heavy (non-hydrogen) atoms. The molecule has 2 rings (SSSR count). The summed E-state index contributed by atoms with van der Waals surface area (Å²) in [6.45, 7) is 4.35. The zero-order chi connectivity index (χ0) is 13.3. The minimum absolute atomic E-state index is 0. The average molecular weight is 313 g/mol. The Labute approximate surface area is 133 Å². The highest BCUT2D eigenvalue weighted by molar-refractivity contribution is 5.85. The number of anilines is 2. The largest absolute Gasteiger partial charge is 0.399 e. The number of nitrogens with two attached hydrogens (primary N) is 1. The molecule has 2 aromatic rings. The van der Waals surface area contributed by atoms with Crippen LogP contribution < -0.4 is 10.6 Å². The van der Waals surface area contributed by atoms with Gasteiger partial charge in [-0.3, -0.25) is 0 Å². The third-order valence-electron chi connectivity index (χ3n) is 3.46. The molecule has 0 unspecified atom stereocenters. The van der Waals surface area contributed by atoms with Crippen LogP contribution in [0.2, 0.25) is 0 Å². The second kappa shape index (κ2) is 7.41. The zero-order valence-electron chi connectivity index (χ0n) is 12.3.